The Morgan fingerprint density at radius 1 is 1.15 bits per heavy atom. The smallest absolute Gasteiger partial charge is 0.303 e. The van der Waals surface area contributed by atoms with Crippen molar-refractivity contribution in [3.63, 3.8) is 0 Å². The van der Waals surface area contributed by atoms with Crippen LogP contribution in [-0.4, -0.2) is 41.9 Å². The third kappa shape index (κ3) is 3.41. The summed E-state index contributed by atoms with van der Waals surface area (Å²) in [5.41, 5.74) is -2.81. The number of carbonyl (C=O) groups is 4. The molecule has 0 amide bonds. The van der Waals surface area contributed by atoms with Gasteiger partial charge >= 0.3 is 11.9 Å². The van der Waals surface area contributed by atoms with Crippen molar-refractivity contribution in [3.05, 3.63) is 23.8 Å². The molecule has 4 aliphatic carbocycles. The summed E-state index contributed by atoms with van der Waals surface area (Å²) in [6.45, 7) is 8.04. The number of fused-ring (bicyclic) bond motifs is 5. The maximum absolute atomic E-state index is 17.6. The Hall–Kier alpha value is -2.31. The molecule has 0 saturated heterocycles. The van der Waals surface area contributed by atoms with Crippen LogP contribution in [0.25, 0.3) is 0 Å². The fraction of sp³-hybridized carbons (Fsp3) is 0.692. The Labute approximate surface area is 193 Å². The molecule has 0 aliphatic heterocycles. The first-order valence-electron chi connectivity index (χ1n) is 11.8. The summed E-state index contributed by atoms with van der Waals surface area (Å²) in [5, 5.41) is 0. The van der Waals surface area contributed by atoms with Crippen LogP contribution in [0.15, 0.2) is 23.8 Å². The lowest BCUT2D eigenvalue weighted by atomic mass is 9.45. The van der Waals surface area contributed by atoms with Gasteiger partial charge in [0.25, 0.3) is 0 Å². The molecule has 0 radical (unpaired) electrons. The van der Waals surface area contributed by atoms with Crippen LogP contribution in [0.3, 0.4) is 0 Å². The maximum Gasteiger partial charge on any atom is 0.303 e. The normalized spacial score (nSPS) is 43.6. The van der Waals surface area contributed by atoms with Crippen LogP contribution < -0.4 is 0 Å². The molecule has 0 unspecified atom stereocenters. The summed E-state index contributed by atoms with van der Waals surface area (Å²) in [6.07, 6.45) is 5.52. The van der Waals surface area contributed by atoms with Gasteiger partial charge in [-0.25, -0.2) is 4.39 Å². The fourth-order valence-electron chi connectivity index (χ4n) is 7.82. The van der Waals surface area contributed by atoms with Gasteiger partial charge in [-0.15, -0.1) is 0 Å². The molecule has 6 nitrogen and oxygen atoms in total. The number of hydrogen-bond acceptors (Lipinski definition) is 6. The van der Waals surface area contributed by atoms with Gasteiger partial charge in [0.2, 0.25) is 0 Å². The van der Waals surface area contributed by atoms with Crippen LogP contribution in [-0.2, 0) is 28.7 Å². The Kier molecular flexibility index (Phi) is 5.69. The molecule has 33 heavy (non-hydrogen) atoms. The molecule has 4 aliphatic rings. The van der Waals surface area contributed by atoms with Gasteiger partial charge in [0.1, 0.15) is 12.7 Å². The van der Waals surface area contributed by atoms with E-state index < -0.39 is 46.4 Å². The Morgan fingerprint density at radius 2 is 1.85 bits per heavy atom. The zero-order chi connectivity index (χ0) is 24.3. The van der Waals surface area contributed by atoms with Crippen LogP contribution >= 0.6 is 0 Å². The minimum Gasteiger partial charge on any atom is -0.459 e. The number of ketones is 2. The molecule has 0 bridgehead atoms. The molecule has 8 atom stereocenters. The third-order valence-electron chi connectivity index (χ3n) is 9.03. The summed E-state index contributed by atoms with van der Waals surface area (Å²) in [4.78, 5) is 48.6. The molecule has 0 heterocycles. The van der Waals surface area contributed by atoms with E-state index in [1.54, 1.807) is 13.0 Å². The van der Waals surface area contributed by atoms with E-state index in [1.165, 1.54) is 26.0 Å². The number of esters is 2. The second-order valence-corrected chi connectivity index (χ2v) is 10.9. The van der Waals surface area contributed by atoms with Gasteiger partial charge in [-0.05, 0) is 62.0 Å². The number of carbonyl (C=O) groups excluding carboxylic acids is 4. The highest BCUT2D eigenvalue weighted by atomic mass is 19.1. The van der Waals surface area contributed by atoms with Crippen LogP contribution in [0.4, 0.5) is 4.39 Å². The number of halogens is 1. The molecular weight excluding hydrogens is 427 g/mol. The monoisotopic (exact) mass is 460 g/mol. The quantitative estimate of drug-likeness (QED) is 0.591. The van der Waals surface area contributed by atoms with Crippen molar-refractivity contribution in [2.24, 2.45) is 34.5 Å². The van der Waals surface area contributed by atoms with E-state index in [4.69, 9.17) is 9.47 Å². The van der Waals surface area contributed by atoms with Crippen LogP contribution in [0.5, 0.6) is 0 Å². The van der Waals surface area contributed by atoms with Gasteiger partial charge in [0.15, 0.2) is 17.2 Å². The summed E-state index contributed by atoms with van der Waals surface area (Å²) in [6, 6.07) is 0. The van der Waals surface area contributed by atoms with Crippen molar-refractivity contribution in [1.82, 2.24) is 0 Å². The minimum absolute atomic E-state index is 0.0170. The number of ether oxygens (including phenoxy) is 2. The Balaban J connectivity index is 1.78. The molecule has 0 aromatic heterocycles. The first kappa shape index (κ1) is 23.8. The molecule has 3 saturated carbocycles. The van der Waals surface area contributed by atoms with E-state index >= 15 is 4.39 Å². The maximum atomic E-state index is 17.6. The highest BCUT2D eigenvalue weighted by Crippen LogP contribution is 2.70. The van der Waals surface area contributed by atoms with E-state index in [-0.39, 0.29) is 36.4 Å². The van der Waals surface area contributed by atoms with Gasteiger partial charge in [-0.3, -0.25) is 19.2 Å². The van der Waals surface area contributed by atoms with E-state index in [0.29, 0.717) is 19.3 Å². The average molecular weight is 461 g/mol. The van der Waals surface area contributed by atoms with E-state index in [2.05, 4.69) is 0 Å². The number of allylic oxidation sites excluding steroid dienone is 4. The second kappa shape index (κ2) is 7.88. The molecule has 3 fully saturated rings. The number of Topliss-reactive ketones (excluding diaryl/α,β-unsaturated/α-hetero) is 1. The van der Waals surface area contributed by atoms with Crippen molar-refractivity contribution >= 4 is 23.5 Å². The Bertz CT molecular complexity index is 968. The molecule has 0 N–H and O–H groups in total. The predicted molar refractivity (Wildman–Crippen MR) is 118 cm³/mol. The number of alkyl halides is 1. The van der Waals surface area contributed by atoms with Crippen LogP contribution in [0, 0.1) is 34.5 Å². The lowest BCUT2D eigenvalue weighted by Gasteiger charge is -2.62. The summed E-state index contributed by atoms with van der Waals surface area (Å²) in [5.74, 6) is -2.37. The molecule has 0 aromatic carbocycles. The van der Waals surface area contributed by atoms with Gasteiger partial charge in [0, 0.05) is 31.1 Å². The van der Waals surface area contributed by atoms with Crippen molar-refractivity contribution < 1.29 is 33.0 Å². The number of rotatable bonds is 4. The predicted octanol–water partition coefficient (Wildman–Crippen LogP) is 3.92. The van der Waals surface area contributed by atoms with Gasteiger partial charge < -0.3 is 9.47 Å². The van der Waals surface area contributed by atoms with Gasteiger partial charge in [-0.2, -0.15) is 0 Å². The highest BCUT2D eigenvalue weighted by molar-refractivity contribution is 6.01. The summed E-state index contributed by atoms with van der Waals surface area (Å²) >= 11 is 0. The summed E-state index contributed by atoms with van der Waals surface area (Å²) in [7, 11) is 0. The molecular formula is C26H33FO6. The zero-order valence-electron chi connectivity index (χ0n) is 20.0. The van der Waals surface area contributed by atoms with E-state index in [9.17, 15) is 19.2 Å². The standard InChI is InChI=1S/C26H33FO6/c1-14-10-20-19-7-6-17-11-18(30)8-9-25(17,5)26(19,27)22(33-16(3)29)12-24(20,4)23(14)21(31)13-32-15(2)28/h8-9,11,14,19-20,22-23H,6-7,10,12-13H2,1-5H3/t14-,19-,20-,22-,23+,24+,25+,26+/m1/s1. The Morgan fingerprint density at radius 3 is 2.48 bits per heavy atom. The third-order valence-corrected chi connectivity index (χ3v) is 9.03. The van der Waals surface area contributed by atoms with E-state index in [0.717, 1.165) is 5.57 Å². The molecule has 180 valence electrons. The average Bonchev–Trinajstić information content (AvgIpc) is 2.97. The highest BCUT2D eigenvalue weighted by Gasteiger charge is 2.72. The zero-order valence-corrected chi connectivity index (χ0v) is 20.0. The lowest BCUT2D eigenvalue weighted by Crippen LogP contribution is -2.67. The van der Waals surface area contributed by atoms with Crippen molar-refractivity contribution in [3.8, 4) is 0 Å². The lowest BCUT2D eigenvalue weighted by molar-refractivity contribution is -0.213. The first-order chi connectivity index (χ1) is 15.3. The van der Waals surface area contributed by atoms with Crippen molar-refractivity contribution in [2.45, 2.75) is 72.1 Å². The SMILES string of the molecule is CC(=O)OCC(=O)[C@@H]1[C@H](C)C[C@@H]2[C@H]3CCC4=CC(=O)C=C[C@]4(C)[C@@]3(F)[C@H](OC(C)=O)C[C@@]21C. The van der Waals surface area contributed by atoms with Gasteiger partial charge in [-0.1, -0.05) is 25.5 Å². The molecule has 0 aromatic rings. The minimum atomic E-state index is -1.89. The second-order valence-electron chi connectivity index (χ2n) is 10.9. The van der Waals surface area contributed by atoms with Gasteiger partial charge in [0.05, 0.1) is 0 Å². The van der Waals surface area contributed by atoms with Crippen LogP contribution in [0.2, 0.25) is 0 Å². The molecule has 0 spiro atoms. The van der Waals surface area contributed by atoms with Crippen molar-refractivity contribution in [2.75, 3.05) is 6.61 Å². The summed E-state index contributed by atoms with van der Waals surface area (Å²) < 4.78 is 28.3. The molecule has 4 rings (SSSR count). The van der Waals surface area contributed by atoms with Crippen molar-refractivity contribution in [1.29, 1.82) is 0 Å². The van der Waals surface area contributed by atoms with Crippen LogP contribution in [0.1, 0.15) is 60.3 Å². The molecule has 7 heteroatoms. The van der Waals surface area contributed by atoms with E-state index in [1.807, 2.05) is 13.8 Å². The fourth-order valence-corrected chi connectivity index (χ4v) is 7.82. The number of hydrogen-bond donors (Lipinski definition) is 0. The topological polar surface area (TPSA) is 86.7 Å². The largest absolute Gasteiger partial charge is 0.459 e. The first-order valence-corrected chi connectivity index (χ1v) is 11.8.